The Labute approximate surface area is 92.2 Å². The molecule has 2 atom stereocenters. The van der Waals surface area contributed by atoms with Gasteiger partial charge in [-0.25, -0.2) is 0 Å². The van der Waals surface area contributed by atoms with Crippen LogP contribution >= 0.6 is 0 Å². The predicted molar refractivity (Wildman–Crippen MR) is 62.6 cm³/mol. The highest BCUT2D eigenvalue weighted by molar-refractivity contribution is 5.06. The van der Waals surface area contributed by atoms with E-state index in [9.17, 15) is 0 Å². The number of hydrogen-bond donors (Lipinski definition) is 0. The minimum atomic E-state index is 0.0851. The number of ether oxygens (including phenoxy) is 1. The largest absolute Gasteiger partial charge is 0.369 e. The number of hydrogen-bond acceptors (Lipinski definition) is 1. The van der Waals surface area contributed by atoms with Gasteiger partial charge in [-0.1, -0.05) is 18.8 Å². The third-order valence-electron chi connectivity index (χ3n) is 2.45. The normalized spacial score (nSPS) is 14.1. The third kappa shape index (κ3) is 3.81. The molecule has 0 fully saturated rings. The van der Waals surface area contributed by atoms with Gasteiger partial charge >= 0.3 is 0 Å². The van der Waals surface area contributed by atoms with Crippen LogP contribution in [0.5, 0.6) is 0 Å². The van der Waals surface area contributed by atoms with Crippen molar-refractivity contribution in [1.29, 1.82) is 0 Å². The molecular formula is C13H19NO. The zero-order valence-corrected chi connectivity index (χ0v) is 9.73. The van der Waals surface area contributed by atoms with E-state index in [1.165, 1.54) is 0 Å². The Kier molecular flexibility index (Phi) is 5.00. The zero-order chi connectivity index (χ0) is 11.1. The standard InChI is InChI=1S/C13H19NO/c1-4-13(15-3)9-7-8-12(2)14-10-5-6-11-14/h5-6,10-13H,4,8H2,1-3H3. The lowest BCUT2D eigenvalue weighted by Crippen LogP contribution is -2.05. The molecule has 0 spiro atoms. The van der Waals surface area contributed by atoms with E-state index >= 15 is 0 Å². The summed E-state index contributed by atoms with van der Waals surface area (Å²) >= 11 is 0. The molecule has 1 aromatic rings. The molecule has 0 bridgehead atoms. The van der Waals surface area contributed by atoms with Crippen molar-refractivity contribution in [2.75, 3.05) is 7.11 Å². The van der Waals surface area contributed by atoms with Crippen LogP contribution in [-0.2, 0) is 4.74 Å². The van der Waals surface area contributed by atoms with E-state index in [4.69, 9.17) is 4.74 Å². The van der Waals surface area contributed by atoms with Crippen molar-refractivity contribution in [2.24, 2.45) is 0 Å². The Balaban J connectivity index is 2.42. The summed E-state index contributed by atoms with van der Waals surface area (Å²) in [5.41, 5.74) is 0. The van der Waals surface area contributed by atoms with Crippen LogP contribution in [0.4, 0.5) is 0 Å². The van der Waals surface area contributed by atoms with Crippen molar-refractivity contribution < 1.29 is 4.74 Å². The fourth-order valence-electron chi connectivity index (χ4n) is 1.40. The van der Waals surface area contributed by atoms with Crippen LogP contribution in [0.15, 0.2) is 24.5 Å². The molecule has 82 valence electrons. The number of aromatic nitrogens is 1. The molecule has 0 N–H and O–H groups in total. The maximum atomic E-state index is 5.19. The monoisotopic (exact) mass is 205 g/mol. The maximum absolute atomic E-state index is 5.19. The van der Waals surface area contributed by atoms with Gasteiger partial charge in [0.15, 0.2) is 0 Å². The summed E-state index contributed by atoms with van der Waals surface area (Å²) in [6.45, 7) is 4.25. The minimum absolute atomic E-state index is 0.0851. The summed E-state index contributed by atoms with van der Waals surface area (Å²) < 4.78 is 7.36. The molecule has 0 aromatic carbocycles. The number of methoxy groups -OCH3 is 1. The molecule has 0 aliphatic carbocycles. The maximum Gasteiger partial charge on any atom is 0.117 e. The summed E-state index contributed by atoms with van der Waals surface area (Å²) in [5.74, 6) is 6.31. The summed E-state index contributed by atoms with van der Waals surface area (Å²) in [5, 5.41) is 0. The smallest absolute Gasteiger partial charge is 0.117 e. The van der Waals surface area contributed by atoms with Crippen molar-refractivity contribution >= 4 is 0 Å². The lowest BCUT2D eigenvalue weighted by Gasteiger charge is -2.09. The van der Waals surface area contributed by atoms with Crippen LogP contribution in [0, 0.1) is 11.8 Å². The number of rotatable bonds is 4. The Bertz CT molecular complexity index is 314. The van der Waals surface area contributed by atoms with E-state index in [1.54, 1.807) is 7.11 Å². The molecule has 0 amide bonds. The summed E-state index contributed by atoms with van der Waals surface area (Å²) in [6.07, 6.45) is 6.04. The van der Waals surface area contributed by atoms with Crippen LogP contribution in [-0.4, -0.2) is 17.8 Å². The summed E-state index contributed by atoms with van der Waals surface area (Å²) in [7, 11) is 1.71. The van der Waals surface area contributed by atoms with Crippen molar-refractivity contribution in [3.8, 4) is 11.8 Å². The van der Waals surface area contributed by atoms with Crippen molar-refractivity contribution in [3.05, 3.63) is 24.5 Å². The predicted octanol–water partition coefficient (Wildman–Crippen LogP) is 2.87. The first-order valence-electron chi connectivity index (χ1n) is 5.41. The first kappa shape index (κ1) is 11.9. The molecule has 1 rings (SSSR count). The van der Waals surface area contributed by atoms with Gasteiger partial charge in [-0.05, 0) is 25.5 Å². The quantitative estimate of drug-likeness (QED) is 0.689. The first-order chi connectivity index (χ1) is 7.27. The second-order valence-corrected chi connectivity index (χ2v) is 3.64. The van der Waals surface area contributed by atoms with Crippen LogP contribution < -0.4 is 0 Å². The van der Waals surface area contributed by atoms with Crippen LogP contribution in [0.3, 0.4) is 0 Å². The molecule has 0 saturated heterocycles. The molecule has 1 heterocycles. The van der Waals surface area contributed by atoms with E-state index in [2.05, 4.69) is 42.6 Å². The van der Waals surface area contributed by atoms with Crippen LogP contribution in [0.1, 0.15) is 32.7 Å². The van der Waals surface area contributed by atoms with Gasteiger partial charge in [-0.3, -0.25) is 0 Å². The summed E-state index contributed by atoms with van der Waals surface area (Å²) in [6, 6.07) is 4.50. The highest BCUT2D eigenvalue weighted by atomic mass is 16.5. The Hall–Kier alpha value is -1.20. The van der Waals surface area contributed by atoms with E-state index in [-0.39, 0.29) is 6.10 Å². The molecule has 2 unspecified atom stereocenters. The van der Waals surface area contributed by atoms with Crippen LogP contribution in [0.2, 0.25) is 0 Å². The fourth-order valence-corrected chi connectivity index (χ4v) is 1.40. The van der Waals surface area contributed by atoms with Gasteiger partial charge in [0.1, 0.15) is 6.10 Å². The Morgan fingerprint density at radius 2 is 2.00 bits per heavy atom. The molecule has 15 heavy (non-hydrogen) atoms. The lowest BCUT2D eigenvalue weighted by atomic mass is 10.2. The van der Waals surface area contributed by atoms with E-state index in [0.29, 0.717) is 6.04 Å². The molecule has 2 heteroatoms. The highest BCUT2D eigenvalue weighted by Gasteiger charge is 2.00. The Morgan fingerprint density at radius 1 is 1.33 bits per heavy atom. The van der Waals surface area contributed by atoms with E-state index in [1.807, 2.05) is 12.1 Å². The van der Waals surface area contributed by atoms with Crippen molar-refractivity contribution in [3.63, 3.8) is 0 Å². The first-order valence-corrected chi connectivity index (χ1v) is 5.41. The molecule has 0 saturated carbocycles. The SMILES string of the molecule is CCC(C#CCC(C)n1cccc1)OC. The highest BCUT2D eigenvalue weighted by Crippen LogP contribution is 2.09. The Morgan fingerprint density at radius 3 is 2.53 bits per heavy atom. The molecule has 0 aliphatic heterocycles. The van der Waals surface area contributed by atoms with Crippen molar-refractivity contribution in [1.82, 2.24) is 4.57 Å². The average molecular weight is 205 g/mol. The van der Waals surface area contributed by atoms with Gasteiger partial charge in [0.2, 0.25) is 0 Å². The second-order valence-electron chi connectivity index (χ2n) is 3.64. The summed E-state index contributed by atoms with van der Waals surface area (Å²) in [4.78, 5) is 0. The molecule has 0 aliphatic rings. The average Bonchev–Trinajstić information content (AvgIpc) is 2.77. The third-order valence-corrected chi connectivity index (χ3v) is 2.45. The molecule has 2 nitrogen and oxygen atoms in total. The zero-order valence-electron chi connectivity index (χ0n) is 9.73. The molecule has 1 aromatic heterocycles. The lowest BCUT2D eigenvalue weighted by molar-refractivity contribution is 0.145. The van der Waals surface area contributed by atoms with Gasteiger partial charge < -0.3 is 9.30 Å². The van der Waals surface area contributed by atoms with Crippen LogP contribution in [0.25, 0.3) is 0 Å². The number of nitrogens with zero attached hydrogens (tertiary/aromatic N) is 1. The topological polar surface area (TPSA) is 14.2 Å². The van der Waals surface area contributed by atoms with Gasteiger partial charge in [0, 0.05) is 32.0 Å². The minimum Gasteiger partial charge on any atom is -0.369 e. The molecule has 0 radical (unpaired) electrons. The van der Waals surface area contributed by atoms with Gasteiger partial charge in [0.25, 0.3) is 0 Å². The second kappa shape index (κ2) is 6.31. The molecular weight excluding hydrogens is 186 g/mol. The van der Waals surface area contributed by atoms with Gasteiger partial charge in [0.05, 0.1) is 0 Å². The van der Waals surface area contributed by atoms with Crippen molar-refractivity contribution in [2.45, 2.75) is 38.8 Å². The fraction of sp³-hybridized carbons (Fsp3) is 0.538. The van der Waals surface area contributed by atoms with E-state index < -0.39 is 0 Å². The van der Waals surface area contributed by atoms with Gasteiger partial charge in [-0.15, -0.1) is 0 Å². The van der Waals surface area contributed by atoms with Gasteiger partial charge in [-0.2, -0.15) is 0 Å². The van der Waals surface area contributed by atoms with E-state index in [0.717, 1.165) is 12.8 Å².